The Balaban J connectivity index is 3.32. The molecule has 13 heavy (non-hydrogen) atoms. The Hall–Kier alpha value is -0.900. The maximum Gasteiger partial charge on any atom is 0.349 e. The van der Waals surface area contributed by atoms with Crippen molar-refractivity contribution >= 4 is 11.8 Å². The van der Waals surface area contributed by atoms with Crippen LogP contribution in [0.4, 0.5) is 0 Å². The standard InChI is InChI=1S/C9H16O4/c1-7(2)4-5-12-13-9(11)6-8(3)10/h7H,4-6H2,1-3H3. The van der Waals surface area contributed by atoms with Crippen molar-refractivity contribution in [2.24, 2.45) is 5.92 Å². The molecule has 4 nitrogen and oxygen atoms in total. The molecule has 0 heterocycles. The van der Waals surface area contributed by atoms with Crippen LogP contribution in [0.15, 0.2) is 0 Å². The van der Waals surface area contributed by atoms with Crippen LogP contribution in [-0.2, 0) is 19.4 Å². The van der Waals surface area contributed by atoms with Crippen LogP contribution in [0.1, 0.15) is 33.6 Å². The average Bonchev–Trinajstić information content (AvgIpc) is 1.96. The van der Waals surface area contributed by atoms with Crippen LogP contribution in [-0.4, -0.2) is 18.4 Å². The Morgan fingerprint density at radius 3 is 2.38 bits per heavy atom. The highest BCUT2D eigenvalue weighted by molar-refractivity contribution is 5.93. The maximum absolute atomic E-state index is 10.7. The molecule has 0 aliphatic heterocycles. The highest BCUT2D eigenvalue weighted by atomic mass is 17.2. The molecule has 0 saturated carbocycles. The molecule has 0 unspecified atom stereocenters. The summed E-state index contributed by atoms with van der Waals surface area (Å²) in [5.41, 5.74) is 0. The highest BCUT2D eigenvalue weighted by Crippen LogP contribution is 1.99. The van der Waals surface area contributed by atoms with E-state index in [1.54, 1.807) is 0 Å². The number of rotatable bonds is 6. The Kier molecular flexibility index (Phi) is 6.14. The fourth-order valence-electron chi connectivity index (χ4n) is 0.624. The molecule has 0 spiro atoms. The predicted molar refractivity (Wildman–Crippen MR) is 46.8 cm³/mol. The predicted octanol–water partition coefficient (Wildman–Crippen LogP) is 1.49. The third-order valence-corrected chi connectivity index (χ3v) is 1.32. The minimum absolute atomic E-state index is 0.221. The van der Waals surface area contributed by atoms with Crippen molar-refractivity contribution in [2.75, 3.05) is 6.61 Å². The van der Waals surface area contributed by atoms with E-state index in [0.717, 1.165) is 6.42 Å². The van der Waals surface area contributed by atoms with Gasteiger partial charge in [0.25, 0.3) is 0 Å². The molecule has 0 aliphatic carbocycles. The topological polar surface area (TPSA) is 52.6 Å². The van der Waals surface area contributed by atoms with Crippen LogP contribution < -0.4 is 0 Å². The van der Waals surface area contributed by atoms with Crippen molar-refractivity contribution in [3.05, 3.63) is 0 Å². The number of Topliss-reactive ketones (excluding diaryl/α,β-unsaturated/α-hetero) is 1. The number of hydrogen-bond acceptors (Lipinski definition) is 4. The first-order valence-corrected chi connectivity index (χ1v) is 4.34. The third-order valence-electron chi connectivity index (χ3n) is 1.32. The summed E-state index contributed by atoms with van der Waals surface area (Å²) in [7, 11) is 0. The molecular formula is C9H16O4. The molecular weight excluding hydrogens is 172 g/mol. The SMILES string of the molecule is CC(=O)CC(=O)OOCCC(C)C. The van der Waals surface area contributed by atoms with E-state index >= 15 is 0 Å². The van der Waals surface area contributed by atoms with E-state index in [1.807, 2.05) is 13.8 Å². The second-order valence-corrected chi connectivity index (χ2v) is 3.34. The fraction of sp³-hybridized carbons (Fsp3) is 0.778. The van der Waals surface area contributed by atoms with Crippen LogP contribution >= 0.6 is 0 Å². The summed E-state index contributed by atoms with van der Waals surface area (Å²) in [5.74, 6) is -0.347. The first-order chi connectivity index (χ1) is 6.02. The van der Waals surface area contributed by atoms with Crippen molar-refractivity contribution in [3.8, 4) is 0 Å². The molecule has 0 aromatic heterocycles. The van der Waals surface area contributed by atoms with E-state index in [9.17, 15) is 9.59 Å². The maximum atomic E-state index is 10.7. The fourth-order valence-corrected chi connectivity index (χ4v) is 0.624. The minimum Gasteiger partial charge on any atom is -0.299 e. The summed E-state index contributed by atoms with van der Waals surface area (Å²) in [6, 6.07) is 0. The van der Waals surface area contributed by atoms with Crippen molar-refractivity contribution in [2.45, 2.75) is 33.6 Å². The van der Waals surface area contributed by atoms with Crippen LogP contribution in [0, 0.1) is 5.92 Å². The van der Waals surface area contributed by atoms with Crippen molar-refractivity contribution in [1.82, 2.24) is 0 Å². The van der Waals surface area contributed by atoms with Gasteiger partial charge in [0, 0.05) is 0 Å². The summed E-state index contributed by atoms with van der Waals surface area (Å²) in [6.45, 7) is 5.79. The third kappa shape index (κ3) is 9.01. The van der Waals surface area contributed by atoms with Crippen LogP contribution in [0.3, 0.4) is 0 Å². The molecule has 0 N–H and O–H groups in total. The van der Waals surface area contributed by atoms with Gasteiger partial charge in [-0.15, -0.1) is 0 Å². The number of carbonyl (C=O) groups excluding carboxylic acids is 2. The Morgan fingerprint density at radius 1 is 1.31 bits per heavy atom. The summed E-state index contributed by atoms with van der Waals surface area (Å²) in [4.78, 5) is 30.1. The zero-order valence-corrected chi connectivity index (χ0v) is 8.33. The van der Waals surface area contributed by atoms with Crippen LogP contribution in [0.25, 0.3) is 0 Å². The Bertz CT molecular complexity index is 174. The van der Waals surface area contributed by atoms with Crippen LogP contribution in [0.2, 0.25) is 0 Å². The average molecular weight is 188 g/mol. The van der Waals surface area contributed by atoms with Crippen molar-refractivity contribution in [1.29, 1.82) is 0 Å². The van der Waals surface area contributed by atoms with E-state index in [2.05, 4.69) is 9.78 Å². The van der Waals surface area contributed by atoms with E-state index in [4.69, 9.17) is 0 Å². The van der Waals surface area contributed by atoms with E-state index in [1.165, 1.54) is 6.92 Å². The summed E-state index contributed by atoms with van der Waals surface area (Å²) >= 11 is 0. The molecule has 0 amide bonds. The Labute approximate surface area is 78.1 Å². The van der Waals surface area contributed by atoms with Gasteiger partial charge in [0.05, 0.1) is 6.61 Å². The lowest BCUT2D eigenvalue weighted by Gasteiger charge is -2.04. The molecule has 0 atom stereocenters. The number of hydrogen-bond donors (Lipinski definition) is 0. The molecule has 0 bridgehead atoms. The summed E-state index contributed by atoms with van der Waals surface area (Å²) in [6.07, 6.45) is 0.606. The first kappa shape index (κ1) is 12.1. The zero-order chi connectivity index (χ0) is 10.3. The largest absolute Gasteiger partial charge is 0.349 e. The summed E-state index contributed by atoms with van der Waals surface area (Å²) in [5, 5.41) is 0. The van der Waals surface area contributed by atoms with E-state index in [-0.39, 0.29) is 12.2 Å². The Morgan fingerprint density at radius 2 is 1.92 bits per heavy atom. The van der Waals surface area contributed by atoms with Crippen LogP contribution in [0.5, 0.6) is 0 Å². The quantitative estimate of drug-likeness (QED) is 0.274. The van der Waals surface area contributed by atoms with E-state index < -0.39 is 5.97 Å². The lowest BCUT2D eigenvalue weighted by molar-refractivity contribution is -0.272. The lowest BCUT2D eigenvalue weighted by Crippen LogP contribution is -2.10. The van der Waals surface area contributed by atoms with Gasteiger partial charge in [-0.05, 0) is 19.3 Å². The number of carbonyl (C=O) groups is 2. The van der Waals surface area contributed by atoms with Gasteiger partial charge in [0.1, 0.15) is 12.2 Å². The van der Waals surface area contributed by atoms with Crippen molar-refractivity contribution in [3.63, 3.8) is 0 Å². The monoisotopic (exact) mass is 188 g/mol. The molecule has 4 heteroatoms. The van der Waals surface area contributed by atoms with Gasteiger partial charge < -0.3 is 0 Å². The summed E-state index contributed by atoms with van der Waals surface area (Å²) < 4.78 is 0. The minimum atomic E-state index is -0.628. The number of ketones is 1. The van der Waals surface area contributed by atoms with Gasteiger partial charge in [-0.2, -0.15) is 4.89 Å². The van der Waals surface area contributed by atoms with Gasteiger partial charge >= 0.3 is 5.97 Å². The highest BCUT2D eigenvalue weighted by Gasteiger charge is 2.07. The van der Waals surface area contributed by atoms with Crippen molar-refractivity contribution < 1.29 is 19.4 Å². The van der Waals surface area contributed by atoms with Gasteiger partial charge in [0.2, 0.25) is 0 Å². The van der Waals surface area contributed by atoms with Gasteiger partial charge in [-0.25, -0.2) is 4.79 Å². The molecule has 0 aromatic carbocycles. The van der Waals surface area contributed by atoms with Gasteiger partial charge in [-0.1, -0.05) is 13.8 Å². The smallest absolute Gasteiger partial charge is 0.299 e. The second-order valence-electron chi connectivity index (χ2n) is 3.34. The normalized spacial score (nSPS) is 10.2. The second kappa shape index (κ2) is 6.60. The first-order valence-electron chi connectivity index (χ1n) is 4.34. The molecule has 0 rings (SSSR count). The van der Waals surface area contributed by atoms with Gasteiger partial charge in [-0.3, -0.25) is 9.68 Å². The molecule has 0 saturated heterocycles. The molecule has 0 aliphatic rings. The van der Waals surface area contributed by atoms with E-state index in [0.29, 0.717) is 12.5 Å². The zero-order valence-electron chi connectivity index (χ0n) is 8.33. The molecule has 0 fully saturated rings. The molecule has 0 aromatic rings. The molecule has 0 radical (unpaired) electrons. The molecule has 76 valence electrons. The lowest BCUT2D eigenvalue weighted by atomic mass is 10.1. The van der Waals surface area contributed by atoms with Gasteiger partial charge in [0.15, 0.2) is 0 Å².